The molecule has 0 atom stereocenters. The number of anilines is 2. The van der Waals surface area contributed by atoms with Crippen molar-refractivity contribution in [2.24, 2.45) is 5.14 Å². The highest BCUT2D eigenvalue weighted by Crippen LogP contribution is 2.32. The van der Waals surface area contributed by atoms with Crippen LogP contribution in [-0.2, 0) is 22.5 Å². The molecule has 1 aromatic heterocycles. The van der Waals surface area contributed by atoms with Crippen molar-refractivity contribution < 1.29 is 22.0 Å². The number of amides is 1. The SMILES string of the molecule is CC(F)(F)c1ccccc1Cn1c(Nc2ccc(S(N)(=O)=O)cc2)nc2cc(C(=O)N3CCCC3)ccc21. The molecule has 0 spiro atoms. The van der Waals surface area contributed by atoms with Crippen molar-refractivity contribution in [2.45, 2.75) is 37.1 Å². The lowest BCUT2D eigenvalue weighted by Crippen LogP contribution is -2.27. The van der Waals surface area contributed by atoms with E-state index < -0.39 is 15.9 Å². The smallest absolute Gasteiger partial charge is 0.270 e. The first-order chi connectivity index (χ1) is 18.0. The summed E-state index contributed by atoms with van der Waals surface area (Å²) in [6.45, 7) is 2.39. The predicted octanol–water partition coefficient (Wildman–Crippen LogP) is 4.82. The Morgan fingerprint density at radius 2 is 1.74 bits per heavy atom. The quantitative estimate of drug-likeness (QED) is 0.350. The van der Waals surface area contributed by atoms with E-state index in [4.69, 9.17) is 5.14 Å². The average Bonchev–Trinajstić information content (AvgIpc) is 3.52. The number of fused-ring (bicyclic) bond motifs is 1. The number of alkyl halides is 2. The van der Waals surface area contributed by atoms with Crippen LogP contribution >= 0.6 is 0 Å². The summed E-state index contributed by atoms with van der Waals surface area (Å²) in [5, 5.41) is 8.35. The van der Waals surface area contributed by atoms with Crippen LogP contribution in [0.3, 0.4) is 0 Å². The number of primary sulfonamides is 1. The molecule has 8 nitrogen and oxygen atoms in total. The van der Waals surface area contributed by atoms with E-state index in [0.717, 1.165) is 19.8 Å². The molecule has 0 bridgehead atoms. The number of likely N-dealkylation sites (tertiary alicyclic amines) is 1. The van der Waals surface area contributed by atoms with E-state index in [9.17, 15) is 22.0 Å². The Hall–Kier alpha value is -3.83. The van der Waals surface area contributed by atoms with Gasteiger partial charge in [-0.2, -0.15) is 0 Å². The number of benzene rings is 3. The Bertz CT molecular complexity index is 1610. The number of nitrogens with two attached hydrogens (primary N) is 1. The van der Waals surface area contributed by atoms with Crippen LogP contribution in [0.5, 0.6) is 0 Å². The van der Waals surface area contributed by atoms with Crippen LogP contribution in [0, 0.1) is 0 Å². The van der Waals surface area contributed by atoms with E-state index >= 15 is 0 Å². The van der Waals surface area contributed by atoms with Crippen LogP contribution in [0.4, 0.5) is 20.4 Å². The summed E-state index contributed by atoms with van der Waals surface area (Å²) < 4.78 is 53.8. The van der Waals surface area contributed by atoms with Crippen LogP contribution in [0.25, 0.3) is 11.0 Å². The molecule has 1 aliphatic heterocycles. The first kappa shape index (κ1) is 25.8. The molecule has 0 saturated carbocycles. The molecular formula is C27H27F2N5O3S. The minimum atomic E-state index is -3.86. The summed E-state index contributed by atoms with van der Waals surface area (Å²) >= 11 is 0. The Morgan fingerprint density at radius 3 is 2.39 bits per heavy atom. The van der Waals surface area contributed by atoms with Crippen molar-refractivity contribution in [1.29, 1.82) is 0 Å². The third-order valence-electron chi connectivity index (χ3n) is 6.65. The summed E-state index contributed by atoms with van der Waals surface area (Å²) in [4.78, 5) is 19.4. The fourth-order valence-corrected chi connectivity index (χ4v) is 5.25. The van der Waals surface area contributed by atoms with Gasteiger partial charge in [-0.3, -0.25) is 4.79 Å². The predicted molar refractivity (Wildman–Crippen MR) is 141 cm³/mol. The maximum atomic E-state index is 14.4. The topological polar surface area (TPSA) is 110 Å². The number of aromatic nitrogens is 2. The minimum Gasteiger partial charge on any atom is -0.339 e. The van der Waals surface area contributed by atoms with Gasteiger partial charge in [0.05, 0.1) is 22.5 Å². The molecule has 38 heavy (non-hydrogen) atoms. The number of carbonyl (C=O) groups is 1. The molecule has 4 aromatic rings. The molecule has 0 radical (unpaired) electrons. The van der Waals surface area contributed by atoms with Gasteiger partial charge in [0.1, 0.15) is 0 Å². The first-order valence-corrected chi connectivity index (χ1v) is 13.7. The number of nitrogens with zero attached hydrogens (tertiary/aromatic N) is 3. The van der Waals surface area contributed by atoms with Gasteiger partial charge in [-0.15, -0.1) is 0 Å². The number of carbonyl (C=O) groups excluding carboxylic acids is 1. The second-order valence-electron chi connectivity index (χ2n) is 9.46. The van der Waals surface area contributed by atoms with E-state index in [2.05, 4.69) is 10.3 Å². The van der Waals surface area contributed by atoms with Gasteiger partial charge in [-0.25, -0.2) is 27.3 Å². The molecule has 0 unspecified atom stereocenters. The molecule has 2 heterocycles. The van der Waals surface area contributed by atoms with Crippen molar-refractivity contribution >= 4 is 38.6 Å². The highest BCUT2D eigenvalue weighted by molar-refractivity contribution is 7.89. The summed E-state index contributed by atoms with van der Waals surface area (Å²) in [6.07, 6.45) is 1.95. The van der Waals surface area contributed by atoms with Gasteiger partial charge < -0.3 is 14.8 Å². The van der Waals surface area contributed by atoms with E-state index in [1.165, 1.54) is 18.2 Å². The normalized spacial score (nSPS) is 14.3. The average molecular weight is 540 g/mol. The minimum absolute atomic E-state index is 0.0410. The highest BCUT2D eigenvalue weighted by Gasteiger charge is 2.28. The Morgan fingerprint density at radius 1 is 1.05 bits per heavy atom. The van der Waals surface area contributed by atoms with Crippen LogP contribution in [0.1, 0.15) is 41.3 Å². The Labute approximate surface area is 219 Å². The van der Waals surface area contributed by atoms with Crippen LogP contribution in [-0.4, -0.2) is 41.9 Å². The number of rotatable bonds is 7. The van der Waals surface area contributed by atoms with Crippen LogP contribution in [0.15, 0.2) is 71.6 Å². The maximum Gasteiger partial charge on any atom is 0.270 e. The molecule has 198 valence electrons. The third-order valence-corrected chi connectivity index (χ3v) is 7.58. The lowest BCUT2D eigenvalue weighted by atomic mass is 10.0. The van der Waals surface area contributed by atoms with E-state index in [0.29, 0.717) is 46.9 Å². The largest absolute Gasteiger partial charge is 0.339 e. The van der Waals surface area contributed by atoms with Gasteiger partial charge in [0.25, 0.3) is 11.8 Å². The standard InChI is InChI=1S/C27H27F2N5O3S/c1-27(28,29)22-7-3-2-6-19(22)17-34-24-13-8-18(25(35)33-14-4-5-15-33)16-23(24)32-26(34)31-20-9-11-21(12-10-20)38(30,36)37/h2-3,6-13,16H,4-5,14-15,17H2,1H3,(H,31,32)(H2,30,36,37). The Balaban J connectivity index is 1.57. The zero-order chi connectivity index (χ0) is 27.1. The molecule has 11 heteroatoms. The zero-order valence-corrected chi connectivity index (χ0v) is 21.5. The summed E-state index contributed by atoms with van der Waals surface area (Å²) in [6, 6.07) is 17.4. The number of sulfonamides is 1. The number of nitrogens with one attached hydrogen (secondary N) is 1. The van der Waals surface area contributed by atoms with Gasteiger partial charge in [-0.1, -0.05) is 24.3 Å². The summed E-state index contributed by atoms with van der Waals surface area (Å²) in [5.41, 5.74) is 2.54. The molecule has 1 amide bonds. The van der Waals surface area contributed by atoms with Crippen LogP contribution in [0.2, 0.25) is 0 Å². The van der Waals surface area contributed by atoms with E-state index in [-0.39, 0.29) is 22.9 Å². The fraction of sp³-hybridized carbons (Fsp3) is 0.259. The van der Waals surface area contributed by atoms with Crippen molar-refractivity contribution in [2.75, 3.05) is 18.4 Å². The van der Waals surface area contributed by atoms with Crippen molar-refractivity contribution in [3.8, 4) is 0 Å². The van der Waals surface area contributed by atoms with E-state index in [1.807, 2.05) is 4.90 Å². The first-order valence-electron chi connectivity index (χ1n) is 12.2. The molecule has 1 fully saturated rings. The van der Waals surface area contributed by atoms with Crippen molar-refractivity contribution in [3.63, 3.8) is 0 Å². The molecule has 1 aliphatic rings. The molecule has 1 saturated heterocycles. The number of halogens is 2. The number of hydrogen-bond acceptors (Lipinski definition) is 5. The highest BCUT2D eigenvalue weighted by atomic mass is 32.2. The lowest BCUT2D eigenvalue weighted by Gasteiger charge is -2.18. The maximum absolute atomic E-state index is 14.4. The van der Waals surface area contributed by atoms with Crippen LogP contribution < -0.4 is 10.5 Å². The molecule has 3 N–H and O–H groups in total. The van der Waals surface area contributed by atoms with E-state index in [1.54, 1.807) is 53.1 Å². The van der Waals surface area contributed by atoms with Gasteiger partial charge in [0, 0.05) is 36.8 Å². The number of imidazole rings is 1. The third kappa shape index (κ3) is 5.25. The molecule has 0 aliphatic carbocycles. The van der Waals surface area contributed by atoms with Gasteiger partial charge in [0.15, 0.2) is 0 Å². The van der Waals surface area contributed by atoms with Crippen molar-refractivity contribution in [3.05, 3.63) is 83.4 Å². The number of hydrogen-bond donors (Lipinski definition) is 2. The van der Waals surface area contributed by atoms with Gasteiger partial charge in [-0.05, 0) is 60.9 Å². The summed E-state index contributed by atoms with van der Waals surface area (Å²) in [7, 11) is -3.86. The molecule has 5 rings (SSSR count). The summed E-state index contributed by atoms with van der Waals surface area (Å²) in [5.74, 6) is -2.76. The second-order valence-corrected chi connectivity index (χ2v) is 11.0. The fourth-order valence-electron chi connectivity index (χ4n) is 4.73. The monoisotopic (exact) mass is 539 g/mol. The van der Waals surface area contributed by atoms with Crippen molar-refractivity contribution in [1.82, 2.24) is 14.5 Å². The zero-order valence-electron chi connectivity index (χ0n) is 20.7. The Kier molecular flexibility index (Phi) is 6.66. The van der Waals surface area contributed by atoms with Gasteiger partial charge in [0.2, 0.25) is 16.0 Å². The lowest BCUT2D eigenvalue weighted by molar-refractivity contribution is 0.0164. The molecule has 3 aromatic carbocycles. The molecular weight excluding hydrogens is 512 g/mol. The second kappa shape index (κ2) is 9.80. The van der Waals surface area contributed by atoms with Gasteiger partial charge >= 0.3 is 0 Å².